The van der Waals surface area contributed by atoms with Crippen molar-refractivity contribution < 1.29 is 27.5 Å². The zero-order valence-electron chi connectivity index (χ0n) is 17.2. The Kier molecular flexibility index (Phi) is 6.08. The molecule has 4 nitrogen and oxygen atoms in total. The first-order valence-corrected chi connectivity index (χ1v) is 10.0. The number of carbonyl (C=O) groups excluding carboxylic acids is 1. The van der Waals surface area contributed by atoms with Crippen LogP contribution in [-0.2, 0) is 15.2 Å². The summed E-state index contributed by atoms with van der Waals surface area (Å²) >= 11 is 11.8. The number of rotatable bonds is 3. The highest BCUT2D eigenvalue weighted by atomic mass is 35.5. The van der Waals surface area contributed by atoms with Crippen molar-refractivity contribution in [3.63, 3.8) is 0 Å². The zero-order chi connectivity index (χ0) is 23.2. The van der Waals surface area contributed by atoms with Crippen LogP contribution < -0.4 is 5.48 Å². The first-order chi connectivity index (χ1) is 14.2. The van der Waals surface area contributed by atoms with Crippen LogP contribution in [0, 0.1) is 6.92 Å². The Morgan fingerprint density at radius 1 is 1.06 bits per heavy atom. The predicted octanol–water partition coefficient (Wildman–Crippen LogP) is 6.59. The van der Waals surface area contributed by atoms with Crippen molar-refractivity contribution >= 4 is 34.9 Å². The number of aryl methyl sites for hydroxylation is 1. The maximum Gasteiger partial charge on any atom is 0.428 e. The molecule has 0 saturated heterocycles. The van der Waals surface area contributed by atoms with Crippen molar-refractivity contribution in [1.29, 1.82) is 0 Å². The third-order valence-corrected chi connectivity index (χ3v) is 4.97. The van der Waals surface area contributed by atoms with Gasteiger partial charge in [-0.25, -0.2) is 4.79 Å². The average molecular weight is 474 g/mol. The molecule has 0 radical (unpaired) electrons. The lowest BCUT2D eigenvalue weighted by atomic mass is 9.91. The molecular weight excluding hydrogens is 454 g/mol. The minimum absolute atomic E-state index is 0.0501. The van der Waals surface area contributed by atoms with Gasteiger partial charge >= 0.3 is 12.1 Å². The molecule has 0 fully saturated rings. The SMILES string of the molecule is Cc1cc(C2=CC(c3cc(Cl)cc(Cl)c3)(C(F)(F)F)ON2)ccc1C(=O)OC(C)(C)C. The van der Waals surface area contributed by atoms with Gasteiger partial charge in [0.15, 0.2) is 0 Å². The highest BCUT2D eigenvalue weighted by molar-refractivity contribution is 6.34. The summed E-state index contributed by atoms with van der Waals surface area (Å²) in [6.45, 7) is 6.92. The molecule has 1 heterocycles. The Hall–Kier alpha value is -2.22. The molecule has 0 bridgehead atoms. The number of hydroxylamine groups is 1. The molecule has 3 rings (SSSR count). The molecule has 2 aromatic carbocycles. The quantitative estimate of drug-likeness (QED) is 0.510. The summed E-state index contributed by atoms with van der Waals surface area (Å²) < 4.78 is 47.7. The van der Waals surface area contributed by atoms with Crippen molar-refractivity contribution in [1.82, 2.24) is 5.48 Å². The summed E-state index contributed by atoms with van der Waals surface area (Å²) in [7, 11) is 0. The number of ether oxygens (including phenoxy) is 1. The van der Waals surface area contributed by atoms with Gasteiger partial charge in [-0.15, -0.1) is 0 Å². The molecule has 2 aromatic rings. The minimum atomic E-state index is -4.80. The van der Waals surface area contributed by atoms with E-state index in [0.717, 1.165) is 18.2 Å². The lowest BCUT2D eigenvalue weighted by Crippen LogP contribution is -2.42. The molecule has 0 spiro atoms. The predicted molar refractivity (Wildman–Crippen MR) is 113 cm³/mol. The Labute approximate surface area is 187 Å². The van der Waals surface area contributed by atoms with E-state index in [4.69, 9.17) is 32.8 Å². The summed E-state index contributed by atoms with van der Waals surface area (Å²) in [6, 6.07) is 8.25. The normalized spacial score (nSPS) is 19.1. The number of hydrogen-bond donors (Lipinski definition) is 1. The number of alkyl halides is 3. The Bertz CT molecular complexity index is 1040. The molecule has 1 atom stereocenters. The molecule has 0 aliphatic carbocycles. The topological polar surface area (TPSA) is 47.6 Å². The maximum absolute atomic E-state index is 14.1. The van der Waals surface area contributed by atoms with Gasteiger partial charge in [-0.05, 0) is 75.2 Å². The lowest BCUT2D eigenvalue weighted by molar-refractivity contribution is -0.269. The minimum Gasteiger partial charge on any atom is -0.456 e. The van der Waals surface area contributed by atoms with Gasteiger partial charge in [0.05, 0.1) is 11.3 Å². The van der Waals surface area contributed by atoms with E-state index in [-0.39, 0.29) is 21.3 Å². The molecule has 9 heteroatoms. The Balaban J connectivity index is 2.02. The van der Waals surface area contributed by atoms with E-state index in [9.17, 15) is 18.0 Å². The molecular formula is C22H20Cl2F3NO3. The van der Waals surface area contributed by atoms with Crippen LogP contribution in [0.3, 0.4) is 0 Å². The van der Waals surface area contributed by atoms with Gasteiger partial charge in [0.1, 0.15) is 5.60 Å². The molecule has 31 heavy (non-hydrogen) atoms. The summed E-state index contributed by atoms with van der Waals surface area (Å²) in [5, 5.41) is 0.100. The van der Waals surface area contributed by atoms with Crippen molar-refractivity contribution in [3.8, 4) is 0 Å². The molecule has 1 N–H and O–H groups in total. The van der Waals surface area contributed by atoms with Gasteiger partial charge in [-0.3, -0.25) is 10.3 Å². The molecule has 0 amide bonds. The number of hydrogen-bond acceptors (Lipinski definition) is 4. The van der Waals surface area contributed by atoms with Gasteiger partial charge in [-0.1, -0.05) is 29.3 Å². The van der Waals surface area contributed by atoms with E-state index >= 15 is 0 Å². The number of benzene rings is 2. The second-order valence-corrected chi connectivity index (χ2v) is 9.06. The molecule has 0 aromatic heterocycles. The number of esters is 1. The third-order valence-electron chi connectivity index (χ3n) is 4.54. The summed E-state index contributed by atoms with van der Waals surface area (Å²) in [4.78, 5) is 17.4. The standard InChI is InChI=1S/C22H20Cl2F3NO3/c1-12-7-13(5-6-17(12)19(29)30-20(2,3)4)18-11-21(31-28-18,22(25,26)27)14-8-15(23)10-16(24)9-14/h5-11,28H,1-4H3. The largest absolute Gasteiger partial charge is 0.456 e. The monoisotopic (exact) mass is 473 g/mol. The smallest absolute Gasteiger partial charge is 0.428 e. The second kappa shape index (κ2) is 8.04. The summed E-state index contributed by atoms with van der Waals surface area (Å²) in [5.74, 6) is -0.514. The van der Waals surface area contributed by atoms with Crippen molar-refractivity contribution in [2.45, 2.75) is 45.1 Å². The van der Waals surface area contributed by atoms with Crippen molar-refractivity contribution in [3.05, 3.63) is 74.8 Å². The summed E-state index contributed by atoms with van der Waals surface area (Å²) in [6.07, 6.45) is -3.88. The fourth-order valence-electron chi connectivity index (χ4n) is 3.15. The van der Waals surface area contributed by atoms with Gasteiger partial charge in [0.25, 0.3) is 0 Å². The number of nitrogens with one attached hydrogen (secondary N) is 1. The fraction of sp³-hybridized carbons (Fsp3) is 0.318. The Morgan fingerprint density at radius 2 is 1.68 bits per heavy atom. The van der Waals surface area contributed by atoms with Crippen LogP contribution in [0.15, 0.2) is 42.5 Å². The molecule has 1 aliphatic heterocycles. The van der Waals surface area contributed by atoms with Crippen LogP contribution >= 0.6 is 23.2 Å². The van der Waals surface area contributed by atoms with Crippen LogP contribution in [0.2, 0.25) is 10.0 Å². The van der Waals surface area contributed by atoms with E-state index in [1.807, 2.05) is 0 Å². The average Bonchev–Trinajstić information content (AvgIpc) is 3.06. The summed E-state index contributed by atoms with van der Waals surface area (Å²) in [5.41, 5.74) is 0.00897. The molecule has 0 saturated carbocycles. The van der Waals surface area contributed by atoms with Crippen molar-refractivity contribution in [2.75, 3.05) is 0 Å². The second-order valence-electron chi connectivity index (χ2n) is 8.19. The first kappa shape index (κ1) is 23.4. The fourth-order valence-corrected chi connectivity index (χ4v) is 3.67. The van der Waals surface area contributed by atoms with Gasteiger partial charge < -0.3 is 4.74 Å². The van der Waals surface area contributed by atoms with Gasteiger partial charge in [0.2, 0.25) is 5.60 Å². The molecule has 1 aliphatic rings. The molecule has 1 unspecified atom stereocenters. The Morgan fingerprint density at radius 3 is 2.19 bits per heavy atom. The van der Waals surface area contributed by atoms with Crippen LogP contribution in [-0.4, -0.2) is 17.7 Å². The van der Waals surface area contributed by atoms with E-state index in [2.05, 4.69) is 5.48 Å². The lowest BCUT2D eigenvalue weighted by Gasteiger charge is -2.28. The van der Waals surface area contributed by atoms with E-state index < -0.39 is 23.3 Å². The highest BCUT2D eigenvalue weighted by Gasteiger charge is 2.59. The number of halogens is 5. The van der Waals surface area contributed by atoms with E-state index in [1.54, 1.807) is 33.8 Å². The van der Waals surface area contributed by atoms with Crippen LogP contribution in [0.25, 0.3) is 5.70 Å². The molecule has 166 valence electrons. The van der Waals surface area contributed by atoms with E-state index in [0.29, 0.717) is 16.7 Å². The maximum atomic E-state index is 14.1. The number of carbonyl (C=O) groups is 1. The zero-order valence-corrected chi connectivity index (χ0v) is 18.7. The van der Waals surface area contributed by atoms with Crippen LogP contribution in [0.1, 0.15) is 47.8 Å². The van der Waals surface area contributed by atoms with Gasteiger partial charge in [-0.2, -0.15) is 13.2 Å². The van der Waals surface area contributed by atoms with Crippen molar-refractivity contribution in [2.24, 2.45) is 0 Å². The van der Waals surface area contributed by atoms with Crippen LogP contribution in [0.4, 0.5) is 13.2 Å². The van der Waals surface area contributed by atoms with Crippen LogP contribution in [0.5, 0.6) is 0 Å². The van der Waals surface area contributed by atoms with Gasteiger partial charge in [0, 0.05) is 15.6 Å². The van der Waals surface area contributed by atoms with E-state index in [1.165, 1.54) is 18.2 Å². The highest BCUT2D eigenvalue weighted by Crippen LogP contribution is 2.48. The first-order valence-electron chi connectivity index (χ1n) is 9.26. The third kappa shape index (κ3) is 4.84.